The smallest absolute Gasteiger partial charge is 0.261 e. The van der Waals surface area contributed by atoms with Gasteiger partial charge < -0.3 is 4.57 Å². The maximum atomic E-state index is 12.3. The van der Waals surface area contributed by atoms with E-state index in [1.807, 2.05) is 22.9 Å². The maximum absolute atomic E-state index is 12.3. The number of halogens is 1. The van der Waals surface area contributed by atoms with Crippen LogP contribution in [0.2, 0.25) is 0 Å². The summed E-state index contributed by atoms with van der Waals surface area (Å²) in [5, 5.41) is 0. The largest absolute Gasteiger partial charge is 0.306 e. The van der Waals surface area contributed by atoms with E-state index in [1.165, 1.54) is 0 Å². The van der Waals surface area contributed by atoms with Crippen LogP contribution < -0.4 is 4.72 Å². The van der Waals surface area contributed by atoms with Crippen LogP contribution >= 0.6 is 15.9 Å². The molecule has 0 unspecified atom stereocenters. The highest BCUT2D eigenvalue weighted by Gasteiger charge is 2.14. The maximum Gasteiger partial charge on any atom is 0.261 e. The molecule has 0 saturated heterocycles. The number of nitrogens with one attached hydrogen (secondary N) is 1. The van der Waals surface area contributed by atoms with Crippen LogP contribution in [-0.2, 0) is 10.0 Å². The number of nitrogens with zero attached hydrogens (tertiary/aromatic N) is 2. The molecule has 0 saturated carbocycles. The molecule has 3 aromatic rings. The van der Waals surface area contributed by atoms with E-state index < -0.39 is 10.0 Å². The van der Waals surface area contributed by atoms with Gasteiger partial charge in [0.2, 0.25) is 0 Å². The van der Waals surface area contributed by atoms with Gasteiger partial charge >= 0.3 is 0 Å². The number of benzene rings is 2. The Morgan fingerprint density at radius 3 is 2.50 bits per heavy atom. The van der Waals surface area contributed by atoms with Gasteiger partial charge in [0.1, 0.15) is 0 Å². The molecule has 5 nitrogen and oxygen atoms in total. The fourth-order valence-corrected chi connectivity index (χ4v) is 3.62. The number of imidazole rings is 1. The summed E-state index contributed by atoms with van der Waals surface area (Å²) >= 11 is 3.27. The zero-order chi connectivity index (χ0) is 15.6. The van der Waals surface area contributed by atoms with Crippen molar-refractivity contribution in [3.63, 3.8) is 0 Å². The molecule has 1 N–H and O–H groups in total. The fraction of sp³-hybridized carbons (Fsp3) is 0. The van der Waals surface area contributed by atoms with E-state index in [1.54, 1.807) is 48.9 Å². The Morgan fingerprint density at radius 1 is 1.09 bits per heavy atom. The Balaban J connectivity index is 1.84. The third kappa shape index (κ3) is 3.20. The Labute approximate surface area is 136 Å². The second-order valence-corrected chi connectivity index (χ2v) is 7.18. The number of hydrogen-bond acceptors (Lipinski definition) is 3. The van der Waals surface area contributed by atoms with Gasteiger partial charge in [-0.3, -0.25) is 4.72 Å². The standard InChI is InChI=1S/C15H12BrN3O2S/c16-12-2-1-3-15(10-12)22(20,21)18-13-4-6-14(7-5-13)19-9-8-17-11-19/h1-11,18H. The molecular formula is C15H12BrN3O2S. The van der Waals surface area contributed by atoms with E-state index in [-0.39, 0.29) is 4.90 Å². The lowest BCUT2D eigenvalue weighted by molar-refractivity contribution is 0.601. The van der Waals surface area contributed by atoms with Gasteiger partial charge in [0.05, 0.1) is 11.2 Å². The minimum Gasteiger partial charge on any atom is -0.306 e. The second-order valence-electron chi connectivity index (χ2n) is 4.58. The van der Waals surface area contributed by atoms with Crippen LogP contribution in [0, 0.1) is 0 Å². The van der Waals surface area contributed by atoms with Crippen molar-refractivity contribution in [3.8, 4) is 5.69 Å². The Morgan fingerprint density at radius 2 is 1.86 bits per heavy atom. The monoisotopic (exact) mass is 377 g/mol. The summed E-state index contributed by atoms with van der Waals surface area (Å²) in [7, 11) is -3.60. The van der Waals surface area contributed by atoms with Crippen LogP contribution in [0.15, 0.2) is 76.6 Å². The summed E-state index contributed by atoms with van der Waals surface area (Å²) < 4.78 is 29.8. The number of sulfonamides is 1. The molecule has 0 aliphatic rings. The Hall–Kier alpha value is -2.12. The van der Waals surface area contributed by atoms with Crippen LogP contribution in [0.5, 0.6) is 0 Å². The molecule has 3 rings (SSSR count). The summed E-state index contributed by atoms with van der Waals surface area (Å²) in [4.78, 5) is 4.18. The zero-order valence-corrected chi connectivity index (χ0v) is 13.8. The highest BCUT2D eigenvalue weighted by atomic mass is 79.9. The lowest BCUT2D eigenvalue weighted by Gasteiger charge is -2.09. The molecule has 1 heterocycles. The molecule has 2 aromatic carbocycles. The molecule has 7 heteroatoms. The van der Waals surface area contributed by atoms with Gasteiger partial charge in [0.15, 0.2) is 0 Å². The van der Waals surface area contributed by atoms with Gasteiger partial charge in [0.25, 0.3) is 10.0 Å². The number of anilines is 1. The van der Waals surface area contributed by atoms with Crippen molar-refractivity contribution in [1.29, 1.82) is 0 Å². The van der Waals surface area contributed by atoms with Gasteiger partial charge in [0, 0.05) is 28.2 Å². The van der Waals surface area contributed by atoms with Crippen molar-refractivity contribution in [2.75, 3.05) is 4.72 Å². The van der Waals surface area contributed by atoms with Crippen LogP contribution in [0.3, 0.4) is 0 Å². The van der Waals surface area contributed by atoms with E-state index in [0.717, 1.165) is 5.69 Å². The molecule has 1 aromatic heterocycles. The number of aromatic nitrogens is 2. The Kier molecular flexibility index (Phi) is 4.00. The summed E-state index contributed by atoms with van der Waals surface area (Å²) in [5.74, 6) is 0. The van der Waals surface area contributed by atoms with Crippen LogP contribution in [-0.4, -0.2) is 18.0 Å². The quantitative estimate of drug-likeness (QED) is 0.757. The van der Waals surface area contributed by atoms with E-state index in [0.29, 0.717) is 10.2 Å². The minimum absolute atomic E-state index is 0.209. The van der Waals surface area contributed by atoms with E-state index >= 15 is 0 Å². The van der Waals surface area contributed by atoms with Crippen molar-refractivity contribution in [2.24, 2.45) is 0 Å². The van der Waals surface area contributed by atoms with Crippen molar-refractivity contribution >= 4 is 31.6 Å². The molecule has 0 aliphatic heterocycles. The number of hydrogen-bond donors (Lipinski definition) is 1. The van der Waals surface area contributed by atoms with E-state index in [2.05, 4.69) is 25.6 Å². The van der Waals surface area contributed by atoms with E-state index in [9.17, 15) is 8.42 Å². The molecular weight excluding hydrogens is 366 g/mol. The first-order valence-electron chi connectivity index (χ1n) is 6.41. The second kappa shape index (κ2) is 5.94. The first-order chi connectivity index (χ1) is 10.5. The van der Waals surface area contributed by atoms with E-state index in [4.69, 9.17) is 0 Å². The molecule has 0 bridgehead atoms. The number of rotatable bonds is 4. The molecule has 0 fully saturated rings. The molecule has 0 atom stereocenters. The lowest BCUT2D eigenvalue weighted by atomic mass is 10.3. The predicted octanol–water partition coefficient (Wildman–Crippen LogP) is 3.44. The fourth-order valence-electron chi connectivity index (χ4n) is 1.96. The van der Waals surface area contributed by atoms with Gasteiger partial charge in [-0.15, -0.1) is 0 Å². The highest BCUT2D eigenvalue weighted by molar-refractivity contribution is 9.10. The average molecular weight is 378 g/mol. The SMILES string of the molecule is O=S(=O)(Nc1ccc(-n2ccnc2)cc1)c1cccc(Br)c1. The molecule has 0 spiro atoms. The molecule has 0 radical (unpaired) electrons. The molecule has 0 aliphatic carbocycles. The average Bonchev–Trinajstić information content (AvgIpc) is 3.02. The van der Waals surface area contributed by atoms with Gasteiger partial charge in [-0.1, -0.05) is 22.0 Å². The predicted molar refractivity (Wildman–Crippen MR) is 88.5 cm³/mol. The van der Waals surface area contributed by atoms with Gasteiger partial charge in [-0.2, -0.15) is 0 Å². The lowest BCUT2D eigenvalue weighted by Crippen LogP contribution is -2.12. The first-order valence-corrected chi connectivity index (χ1v) is 8.69. The van der Waals surface area contributed by atoms with Crippen LogP contribution in [0.25, 0.3) is 5.69 Å². The summed E-state index contributed by atoms with van der Waals surface area (Å²) in [6.07, 6.45) is 5.19. The topological polar surface area (TPSA) is 64.0 Å². The molecule has 0 amide bonds. The van der Waals surface area contributed by atoms with Crippen molar-refractivity contribution in [2.45, 2.75) is 4.90 Å². The zero-order valence-electron chi connectivity index (χ0n) is 11.3. The van der Waals surface area contributed by atoms with Gasteiger partial charge in [-0.25, -0.2) is 13.4 Å². The molecule has 112 valence electrons. The third-order valence-corrected chi connectivity index (χ3v) is 4.90. The summed E-state index contributed by atoms with van der Waals surface area (Å²) in [6.45, 7) is 0. The van der Waals surface area contributed by atoms with Gasteiger partial charge in [-0.05, 0) is 42.5 Å². The van der Waals surface area contributed by atoms with Crippen molar-refractivity contribution in [1.82, 2.24) is 9.55 Å². The normalized spacial score (nSPS) is 11.3. The Bertz CT molecular complexity index is 875. The summed E-state index contributed by atoms with van der Waals surface area (Å²) in [6, 6.07) is 13.6. The third-order valence-electron chi connectivity index (χ3n) is 3.03. The first kappa shape index (κ1) is 14.8. The molecule has 22 heavy (non-hydrogen) atoms. The van der Waals surface area contributed by atoms with Crippen molar-refractivity contribution < 1.29 is 8.42 Å². The minimum atomic E-state index is -3.60. The van der Waals surface area contributed by atoms with Crippen LogP contribution in [0.1, 0.15) is 0 Å². The van der Waals surface area contributed by atoms with Crippen molar-refractivity contribution in [3.05, 3.63) is 71.7 Å². The van der Waals surface area contributed by atoms with Crippen LogP contribution in [0.4, 0.5) is 5.69 Å². The highest BCUT2D eigenvalue weighted by Crippen LogP contribution is 2.20. The summed E-state index contributed by atoms with van der Waals surface area (Å²) in [5.41, 5.74) is 1.41.